The van der Waals surface area contributed by atoms with Crippen LogP contribution in [0.25, 0.3) is 0 Å². The third kappa shape index (κ3) is 3.06. The topological polar surface area (TPSA) is 64.4 Å². The maximum absolute atomic E-state index is 13.7. The van der Waals surface area contributed by atoms with Gasteiger partial charge in [-0.05, 0) is 17.2 Å². The average Bonchev–Trinajstić information content (AvgIpc) is 3.22. The molecule has 2 aliphatic rings. The molecule has 0 radical (unpaired) electrons. The van der Waals surface area contributed by atoms with Crippen LogP contribution in [0.15, 0.2) is 48.5 Å². The van der Waals surface area contributed by atoms with Crippen LogP contribution in [0.4, 0.5) is 4.39 Å². The van der Waals surface area contributed by atoms with E-state index in [9.17, 15) is 19.2 Å². The second-order valence-corrected chi connectivity index (χ2v) is 6.92. The first kappa shape index (κ1) is 17.2. The number of carbonyl (C=O) groups is 2. The molecule has 1 fully saturated rings. The van der Waals surface area contributed by atoms with Gasteiger partial charge in [-0.15, -0.1) is 0 Å². The van der Waals surface area contributed by atoms with Crippen LogP contribution in [0.5, 0.6) is 0 Å². The molecular formula is C21H18FN3O2. The number of fused-ring (bicyclic) bond motifs is 1. The fraction of sp³-hybridized carbons (Fsp3) is 0.286. The van der Waals surface area contributed by atoms with Gasteiger partial charge in [-0.3, -0.25) is 9.59 Å². The Morgan fingerprint density at radius 3 is 2.70 bits per heavy atom. The van der Waals surface area contributed by atoms with Gasteiger partial charge < -0.3 is 9.80 Å². The first-order valence-electron chi connectivity index (χ1n) is 8.88. The van der Waals surface area contributed by atoms with Crippen LogP contribution in [-0.4, -0.2) is 40.4 Å². The van der Waals surface area contributed by atoms with E-state index < -0.39 is 18.1 Å². The van der Waals surface area contributed by atoms with E-state index in [0.717, 1.165) is 11.1 Å². The lowest BCUT2D eigenvalue weighted by atomic mass is 10.0. The number of nitrogens with zero attached hydrogens (tertiary/aromatic N) is 3. The van der Waals surface area contributed by atoms with Crippen LogP contribution in [-0.2, 0) is 13.1 Å². The van der Waals surface area contributed by atoms with Crippen molar-refractivity contribution in [3.05, 3.63) is 70.8 Å². The zero-order valence-electron chi connectivity index (χ0n) is 14.6. The summed E-state index contributed by atoms with van der Waals surface area (Å²) in [7, 11) is 0. The molecule has 0 saturated carbocycles. The van der Waals surface area contributed by atoms with Gasteiger partial charge in [0, 0.05) is 19.5 Å². The Balaban J connectivity index is 1.62. The van der Waals surface area contributed by atoms with Gasteiger partial charge in [0.2, 0.25) is 0 Å². The highest BCUT2D eigenvalue weighted by atomic mass is 19.1. The molecule has 2 aliphatic heterocycles. The van der Waals surface area contributed by atoms with Gasteiger partial charge in [-0.1, -0.05) is 42.5 Å². The van der Waals surface area contributed by atoms with E-state index >= 15 is 0 Å². The minimum absolute atomic E-state index is 0.0192. The number of benzene rings is 2. The van der Waals surface area contributed by atoms with Crippen molar-refractivity contribution in [3.8, 4) is 6.07 Å². The summed E-state index contributed by atoms with van der Waals surface area (Å²) >= 11 is 0. The monoisotopic (exact) mass is 363 g/mol. The zero-order chi connectivity index (χ0) is 19.0. The molecule has 1 saturated heterocycles. The standard InChI is InChI=1S/C21H18FN3O2/c22-16-9-17(10-23)25(13-16)20(26)18-8-4-7-15-12-24(21(27)19(15)18)11-14-5-2-1-3-6-14/h1-8,16-17H,9,11-13H2/t16-,17+/m1/s1. The summed E-state index contributed by atoms with van der Waals surface area (Å²) in [5.74, 6) is -0.657. The SMILES string of the molecule is N#C[C@@H]1C[C@@H](F)CN1C(=O)c1cccc2c1C(=O)N(Cc1ccccc1)C2. The lowest BCUT2D eigenvalue weighted by molar-refractivity contribution is 0.0727. The Hall–Kier alpha value is -3.20. The summed E-state index contributed by atoms with van der Waals surface area (Å²) in [5, 5.41) is 9.22. The van der Waals surface area contributed by atoms with Crippen molar-refractivity contribution in [2.75, 3.05) is 6.54 Å². The van der Waals surface area contributed by atoms with Crippen LogP contribution in [0.3, 0.4) is 0 Å². The van der Waals surface area contributed by atoms with Gasteiger partial charge in [-0.25, -0.2) is 4.39 Å². The van der Waals surface area contributed by atoms with Crippen LogP contribution >= 0.6 is 0 Å². The van der Waals surface area contributed by atoms with Gasteiger partial charge in [0.25, 0.3) is 11.8 Å². The molecule has 2 heterocycles. The van der Waals surface area contributed by atoms with E-state index in [4.69, 9.17) is 0 Å². The molecule has 0 aromatic heterocycles. The maximum atomic E-state index is 13.7. The minimum Gasteiger partial charge on any atom is -0.330 e. The highest BCUT2D eigenvalue weighted by molar-refractivity contribution is 6.09. The number of carbonyl (C=O) groups excluding carboxylic acids is 2. The number of amides is 2. The molecule has 2 amide bonds. The van der Waals surface area contributed by atoms with E-state index in [1.54, 1.807) is 17.0 Å². The fourth-order valence-corrected chi connectivity index (χ4v) is 3.82. The Labute approximate surface area is 156 Å². The lowest BCUT2D eigenvalue weighted by Crippen LogP contribution is -2.36. The van der Waals surface area contributed by atoms with Crippen molar-refractivity contribution in [1.82, 2.24) is 9.80 Å². The third-order valence-corrected chi connectivity index (χ3v) is 5.12. The molecule has 0 aliphatic carbocycles. The second-order valence-electron chi connectivity index (χ2n) is 6.92. The van der Waals surface area contributed by atoms with E-state index in [0.29, 0.717) is 18.7 Å². The Kier molecular flexibility index (Phi) is 4.36. The predicted octanol–water partition coefficient (Wildman–Crippen LogP) is 2.92. The molecule has 2 aromatic rings. The molecule has 2 aromatic carbocycles. The molecule has 5 nitrogen and oxygen atoms in total. The summed E-state index contributed by atoms with van der Waals surface area (Å²) in [6, 6.07) is 16.0. The first-order valence-corrected chi connectivity index (χ1v) is 8.88. The quantitative estimate of drug-likeness (QED) is 0.842. The van der Waals surface area contributed by atoms with Crippen LogP contribution < -0.4 is 0 Å². The number of halogens is 1. The van der Waals surface area contributed by atoms with Crippen LogP contribution in [0, 0.1) is 11.3 Å². The summed E-state index contributed by atoms with van der Waals surface area (Å²) in [5.41, 5.74) is 2.42. The third-order valence-electron chi connectivity index (χ3n) is 5.12. The first-order chi connectivity index (χ1) is 13.1. The number of hydrogen-bond donors (Lipinski definition) is 0. The van der Waals surface area contributed by atoms with E-state index in [1.807, 2.05) is 42.5 Å². The number of likely N-dealkylation sites (tertiary alicyclic amines) is 1. The molecule has 0 bridgehead atoms. The highest BCUT2D eigenvalue weighted by Crippen LogP contribution is 2.30. The second kappa shape index (κ2) is 6.84. The summed E-state index contributed by atoms with van der Waals surface area (Å²) in [6.45, 7) is 0.777. The summed E-state index contributed by atoms with van der Waals surface area (Å²) in [6.07, 6.45) is -1.19. The summed E-state index contributed by atoms with van der Waals surface area (Å²) in [4.78, 5) is 28.9. The molecule has 6 heteroatoms. The fourth-order valence-electron chi connectivity index (χ4n) is 3.82. The van der Waals surface area contributed by atoms with Crippen molar-refractivity contribution < 1.29 is 14.0 Å². The highest BCUT2D eigenvalue weighted by Gasteiger charge is 2.39. The minimum atomic E-state index is -1.21. The molecule has 0 N–H and O–H groups in total. The Bertz CT molecular complexity index is 938. The van der Waals surface area contributed by atoms with Crippen LogP contribution in [0.2, 0.25) is 0 Å². The number of nitriles is 1. The molecule has 136 valence electrons. The number of alkyl halides is 1. The molecule has 0 spiro atoms. The largest absolute Gasteiger partial charge is 0.330 e. The molecule has 0 unspecified atom stereocenters. The number of rotatable bonds is 3. The van der Waals surface area contributed by atoms with Crippen molar-refractivity contribution in [3.63, 3.8) is 0 Å². The number of hydrogen-bond acceptors (Lipinski definition) is 3. The van der Waals surface area contributed by atoms with Crippen molar-refractivity contribution in [2.45, 2.75) is 31.7 Å². The predicted molar refractivity (Wildman–Crippen MR) is 96.4 cm³/mol. The van der Waals surface area contributed by atoms with Crippen molar-refractivity contribution in [1.29, 1.82) is 5.26 Å². The van der Waals surface area contributed by atoms with Crippen LogP contribution in [0.1, 0.15) is 38.3 Å². The molecule has 4 rings (SSSR count). The van der Waals surface area contributed by atoms with Gasteiger partial charge >= 0.3 is 0 Å². The van der Waals surface area contributed by atoms with E-state index in [1.165, 1.54) is 4.90 Å². The normalized spacial score (nSPS) is 21.3. The Morgan fingerprint density at radius 2 is 1.96 bits per heavy atom. The van der Waals surface area contributed by atoms with Gasteiger partial charge in [0.15, 0.2) is 0 Å². The zero-order valence-corrected chi connectivity index (χ0v) is 14.6. The maximum Gasteiger partial charge on any atom is 0.255 e. The smallest absolute Gasteiger partial charge is 0.255 e. The van der Waals surface area contributed by atoms with Crippen molar-refractivity contribution in [2.24, 2.45) is 0 Å². The van der Waals surface area contributed by atoms with E-state index in [2.05, 4.69) is 0 Å². The lowest BCUT2D eigenvalue weighted by Gasteiger charge is -2.20. The molecule has 27 heavy (non-hydrogen) atoms. The van der Waals surface area contributed by atoms with Gasteiger partial charge in [-0.2, -0.15) is 5.26 Å². The summed E-state index contributed by atoms with van der Waals surface area (Å²) < 4.78 is 13.7. The molecular weight excluding hydrogens is 345 g/mol. The average molecular weight is 363 g/mol. The Morgan fingerprint density at radius 1 is 1.19 bits per heavy atom. The van der Waals surface area contributed by atoms with Gasteiger partial charge in [0.05, 0.1) is 23.7 Å². The van der Waals surface area contributed by atoms with Gasteiger partial charge in [0.1, 0.15) is 12.2 Å². The molecule has 2 atom stereocenters. The van der Waals surface area contributed by atoms with Crippen molar-refractivity contribution >= 4 is 11.8 Å². The van der Waals surface area contributed by atoms with E-state index in [-0.39, 0.29) is 24.4 Å².